The molecule has 2 rings (SSSR count). The first-order valence-electron chi connectivity index (χ1n) is 4.71. The Hall–Kier alpha value is -1.74. The summed E-state index contributed by atoms with van der Waals surface area (Å²) in [4.78, 5) is 0. The molecule has 0 heterocycles. The van der Waals surface area contributed by atoms with Gasteiger partial charge in [-0.25, -0.2) is 0 Å². The second-order valence-electron chi connectivity index (χ2n) is 3.62. The second kappa shape index (κ2) is 3.44. The van der Waals surface area contributed by atoms with Gasteiger partial charge in [0.1, 0.15) is 5.60 Å². The van der Waals surface area contributed by atoms with Crippen molar-refractivity contribution >= 4 is 0 Å². The van der Waals surface area contributed by atoms with Crippen LogP contribution in [0.4, 0.5) is 0 Å². The SMILES string of the molecule is Oc1ccc(C2(O)C=CC=CC2)cc1O. The molecule has 0 bridgehead atoms. The molecule has 1 atom stereocenters. The summed E-state index contributed by atoms with van der Waals surface area (Å²) >= 11 is 0. The van der Waals surface area contributed by atoms with Gasteiger partial charge in [0.15, 0.2) is 11.5 Å². The maximum absolute atomic E-state index is 10.2. The number of phenolic OH excluding ortho intramolecular Hbond substituents is 2. The molecule has 15 heavy (non-hydrogen) atoms. The van der Waals surface area contributed by atoms with E-state index in [9.17, 15) is 10.2 Å². The number of phenols is 2. The molecule has 0 saturated heterocycles. The van der Waals surface area contributed by atoms with Gasteiger partial charge >= 0.3 is 0 Å². The first-order chi connectivity index (χ1) is 7.12. The number of allylic oxidation sites excluding steroid dienone is 2. The summed E-state index contributed by atoms with van der Waals surface area (Å²) in [6.07, 6.45) is 7.60. The monoisotopic (exact) mass is 204 g/mol. The predicted molar refractivity (Wildman–Crippen MR) is 56.6 cm³/mol. The van der Waals surface area contributed by atoms with Gasteiger partial charge in [-0.05, 0) is 23.8 Å². The Balaban J connectivity index is 2.41. The van der Waals surface area contributed by atoms with Crippen LogP contribution in [0.2, 0.25) is 0 Å². The van der Waals surface area contributed by atoms with E-state index in [0.29, 0.717) is 12.0 Å². The second-order valence-corrected chi connectivity index (χ2v) is 3.62. The molecule has 0 saturated carbocycles. The van der Waals surface area contributed by atoms with E-state index in [1.165, 1.54) is 12.1 Å². The molecule has 1 aromatic rings. The number of hydrogen-bond donors (Lipinski definition) is 3. The van der Waals surface area contributed by atoms with Crippen molar-refractivity contribution in [3.05, 3.63) is 48.1 Å². The lowest BCUT2D eigenvalue weighted by Crippen LogP contribution is -2.22. The third kappa shape index (κ3) is 1.74. The van der Waals surface area contributed by atoms with E-state index in [1.807, 2.05) is 12.2 Å². The van der Waals surface area contributed by atoms with Crippen LogP contribution >= 0.6 is 0 Å². The number of hydrogen-bond acceptors (Lipinski definition) is 3. The molecule has 3 N–H and O–H groups in total. The van der Waals surface area contributed by atoms with E-state index in [0.717, 1.165) is 0 Å². The molecule has 3 nitrogen and oxygen atoms in total. The third-order valence-electron chi connectivity index (χ3n) is 2.52. The topological polar surface area (TPSA) is 60.7 Å². The lowest BCUT2D eigenvalue weighted by atomic mass is 9.87. The van der Waals surface area contributed by atoms with Gasteiger partial charge in [0.25, 0.3) is 0 Å². The summed E-state index contributed by atoms with van der Waals surface area (Å²) in [6, 6.07) is 4.34. The van der Waals surface area contributed by atoms with Crippen molar-refractivity contribution in [3.8, 4) is 11.5 Å². The lowest BCUT2D eigenvalue weighted by Gasteiger charge is -2.25. The third-order valence-corrected chi connectivity index (χ3v) is 2.52. The van der Waals surface area contributed by atoms with Crippen LogP contribution in [0.25, 0.3) is 0 Å². The van der Waals surface area contributed by atoms with Crippen molar-refractivity contribution in [2.24, 2.45) is 0 Å². The summed E-state index contributed by atoms with van der Waals surface area (Å²) in [5, 5.41) is 28.7. The molecule has 1 aromatic carbocycles. The molecule has 0 amide bonds. The normalized spacial score (nSPS) is 24.3. The zero-order valence-corrected chi connectivity index (χ0v) is 8.09. The summed E-state index contributed by atoms with van der Waals surface area (Å²) in [5.74, 6) is -0.401. The van der Waals surface area contributed by atoms with Crippen LogP contribution < -0.4 is 0 Å². The molecular formula is C12H12O3. The highest BCUT2D eigenvalue weighted by Crippen LogP contribution is 2.34. The lowest BCUT2D eigenvalue weighted by molar-refractivity contribution is 0.0913. The standard InChI is InChI=1S/C12H12O3/c13-10-5-4-9(8-11(10)14)12(15)6-2-1-3-7-12/h1-6,8,13-15H,7H2. The molecule has 1 unspecified atom stereocenters. The highest BCUT2D eigenvalue weighted by molar-refractivity contribution is 5.44. The van der Waals surface area contributed by atoms with Gasteiger partial charge < -0.3 is 15.3 Å². The van der Waals surface area contributed by atoms with Crippen molar-refractivity contribution in [1.29, 1.82) is 0 Å². The van der Waals surface area contributed by atoms with E-state index in [2.05, 4.69) is 0 Å². The van der Waals surface area contributed by atoms with Crippen LogP contribution in [0.3, 0.4) is 0 Å². The van der Waals surface area contributed by atoms with Gasteiger partial charge in [-0.15, -0.1) is 0 Å². The smallest absolute Gasteiger partial charge is 0.157 e. The predicted octanol–water partition coefficient (Wildman–Crippen LogP) is 1.80. The Bertz CT molecular complexity index is 434. The number of rotatable bonds is 1. The maximum atomic E-state index is 10.2. The minimum atomic E-state index is -1.08. The van der Waals surface area contributed by atoms with Crippen LogP contribution in [-0.2, 0) is 5.60 Å². The van der Waals surface area contributed by atoms with Crippen LogP contribution in [0.15, 0.2) is 42.5 Å². The number of benzene rings is 1. The molecule has 0 aromatic heterocycles. The highest BCUT2D eigenvalue weighted by Gasteiger charge is 2.26. The molecule has 0 aliphatic heterocycles. The van der Waals surface area contributed by atoms with Gasteiger partial charge in [-0.3, -0.25) is 0 Å². The molecule has 3 heteroatoms. The van der Waals surface area contributed by atoms with Crippen molar-refractivity contribution < 1.29 is 15.3 Å². The quantitative estimate of drug-likeness (QED) is 0.611. The van der Waals surface area contributed by atoms with Crippen molar-refractivity contribution in [3.63, 3.8) is 0 Å². The fourth-order valence-corrected chi connectivity index (χ4v) is 1.62. The molecule has 0 radical (unpaired) electrons. The zero-order valence-electron chi connectivity index (χ0n) is 8.09. The molecule has 0 spiro atoms. The van der Waals surface area contributed by atoms with Crippen molar-refractivity contribution in [1.82, 2.24) is 0 Å². The van der Waals surface area contributed by atoms with Gasteiger partial charge in [0.05, 0.1) is 0 Å². The summed E-state index contributed by atoms with van der Waals surface area (Å²) in [5.41, 5.74) is -0.515. The molecule has 78 valence electrons. The Morgan fingerprint density at radius 3 is 2.47 bits per heavy atom. The van der Waals surface area contributed by atoms with Gasteiger partial charge in [0.2, 0.25) is 0 Å². The average Bonchev–Trinajstić information content (AvgIpc) is 2.23. The zero-order chi connectivity index (χ0) is 10.9. The Labute approximate surface area is 87.6 Å². The molecule has 1 aliphatic rings. The summed E-state index contributed by atoms with van der Waals surface area (Å²) in [6.45, 7) is 0. The van der Waals surface area contributed by atoms with E-state index >= 15 is 0 Å². The van der Waals surface area contributed by atoms with E-state index in [4.69, 9.17) is 5.11 Å². The van der Waals surface area contributed by atoms with E-state index in [1.54, 1.807) is 18.2 Å². The largest absolute Gasteiger partial charge is 0.504 e. The Morgan fingerprint density at radius 2 is 1.87 bits per heavy atom. The van der Waals surface area contributed by atoms with E-state index < -0.39 is 5.60 Å². The van der Waals surface area contributed by atoms with Crippen LogP contribution in [0, 0.1) is 0 Å². The summed E-state index contributed by atoms with van der Waals surface area (Å²) in [7, 11) is 0. The van der Waals surface area contributed by atoms with Gasteiger partial charge in [0, 0.05) is 6.42 Å². The molecular weight excluding hydrogens is 192 g/mol. The van der Waals surface area contributed by atoms with Gasteiger partial charge in [-0.2, -0.15) is 0 Å². The Morgan fingerprint density at radius 1 is 1.07 bits per heavy atom. The average molecular weight is 204 g/mol. The van der Waals surface area contributed by atoms with Crippen molar-refractivity contribution in [2.45, 2.75) is 12.0 Å². The van der Waals surface area contributed by atoms with Crippen molar-refractivity contribution in [2.75, 3.05) is 0 Å². The number of aliphatic hydroxyl groups is 1. The Kier molecular flexibility index (Phi) is 2.25. The fourth-order valence-electron chi connectivity index (χ4n) is 1.62. The maximum Gasteiger partial charge on any atom is 0.157 e. The van der Waals surface area contributed by atoms with Crippen LogP contribution in [0.1, 0.15) is 12.0 Å². The minimum Gasteiger partial charge on any atom is -0.504 e. The van der Waals surface area contributed by atoms with Crippen LogP contribution in [0.5, 0.6) is 11.5 Å². The molecule has 0 fully saturated rings. The first-order valence-corrected chi connectivity index (χ1v) is 4.71. The fraction of sp³-hybridized carbons (Fsp3) is 0.167. The minimum absolute atomic E-state index is 0.183. The summed E-state index contributed by atoms with van der Waals surface area (Å²) < 4.78 is 0. The highest BCUT2D eigenvalue weighted by atomic mass is 16.3. The van der Waals surface area contributed by atoms with E-state index in [-0.39, 0.29) is 11.5 Å². The van der Waals surface area contributed by atoms with Gasteiger partial charge in [-0.1, -0.05) is 24.3 Å². The first kappa shape index (κ1) is 9.80. The van der Waals surface area contributed by atoms with Crippen LogP contribution in [-0.4, -0.2) is 15.3 Å². The number of aromatic hydroxyl groups is 2. The molecule has 1 aliphatic carbocycles.